The van der Waals surface area contributed by atoms with Gasteiger partial charge in [-0.1, -0.05) is 12.1 Å². The van der Waals surface area contributed by atoms with Crippen molar-refractivity contribution in [3.05, 3.63) is 65.0 Å². The van der Waals surface area contributed by atoms with E-state index in [-0.39, 0.29) is 23.5 Å². The third-order valence-electron chi connectivity index (χ3n) is 3.06. The number of Topliss-reactive ketones (excluding diaryl/α,β-unsaturated/α-hetero) is 1. The predicted molar refractivity (Wildman–Crippen MR) is 78.8 cm³/mol. The number of carboxylic acid groups (broad SMARTS) is 1. The minimum atomic E-state index is -1.16. The average Bonchev–Trinajstić information content (AvgIpc) is 2.53. The Kier molecular flexibility index (Phi) is 4.63. The number of carbonyl (C=O) groups is 3. The fourth-order valence-corrected chi connectivity index (χ4v) is 1.87. The van der Waals surface area contributed by atoms with Crippen LogP contribution >= 0.6 is 0 Å². The molecule has 1 heterocycles. The number of carboxylic acids is 1. The van der Waals surface area contributed by atoms with Gasteiger partial charge in [0.25, 0.3) is 5.91 Å². The molecule has 0 spiro atoms. The normalized spacial score (nSPS) is 10.0. The van der Waals surface area contributed by atoms with Crippen LogP contribution in [0.25, 0.3) is 0 Å². The second-order valence-corrected chi connectivity index (χ2v) is 4.63. The van der Waals surface area contributed by atoms with Gasteiger partial charge in [-0.25, -0.2) is 4.79 Å². The Balaban J connectivity index is 2.07. The van der Waals surface area contributed by atoms with Crippen LogP contribution in [0.2, 0.25) is 0 Å². The molecule has 0 radical (unpaired) electrons. The lowest BCUT2D eigenvalue weighted by Crippen LogP contribution is -2.25. The molecule has 1 amide bonds. The molecule has 2 N–H and O–H groups in total. The maximum Gasteiger partial charge on any atom is 0.336 e. The molecule has 6 heteroatoms. The molecule has 0 atom stereocenters. The maximum atomic E-state index is 12.1. The molecule has 0 unspecified atom stereocenters. The van der Waals surface area contributed by atoms with Crippen molar-refractivity contribution >= 4 is 17.7 Å². The Morgan fingerprint density at radius 1 is 1.09 bits per heavy atom. The summed E-state index contributed by atoms with van der Waals surface area (Å²) in [6, 6.07) is 9.24. The largest absolute Gasteiger partial charge is 0.478 e. The highest BCUT2D eigenvalue weighted by molar-refractivity contribution is 6.04. The molecule has 1 aromatic carbocycles. The van der Waals surface area contributed by atoms with Crippen molar-refractivity contribution in [1.29, 1.82) is 0 Å². The van der Waals surface area contributed by atoms with E-state index >= 15 is 0 Å². The van der Waals surface area contributed by atoms with Crippen LogP contribution in [-0.2, 0) is 6.54 Å². The van der Waals surface area contributed by atoms with Crippen LogP contribution in [0.5, 0.6) is 0 Å². The number of carbonyl (C=O) groups excluding carboxylic acids is 2. The molecule has 0 bridgehead atoms. The number of hydrogen-bond acceptors (Lipinski definition) is 4. The number of benzene rings is 1. The third-order valence-corrected chi connectivity index (χ3v) is 3.06. The lowest BCUT2D eigenvalue weighted by molar-refractivity contribution is 0.0690. The van der Waals surface area contributed by atoms with Crippen LogP contribution in [-0.4, -0.2) is 27.8 Å². The van der Waals surface area contributed by atoms with Crippen molar-refractivity contribution in [2.45, 2.75) is 13.5 Å². The Bertz CT molecular complexity index is 723. The van der Waals surface area contributed by atoms with Gasteiger partial charge in [0.05, 0.1) is 23.4 Å². The summed E-state index contributed by atoms with van der Waals surface area (Å²) in [5.74, 6) is -1.73. The summed E-state index contributed by atoms with van der Waals surface area (Å²) in [5.41, 5.74) is 1.10. The number of nitrogens with zero attached hydrogens (tertiary/aromatic N) is 1. The molecule has 0 saturated carbocycles. The van der Waals surface area contributed by atoms with Crippen molar-refractivity contribution in [3.63, 3.8) is 0 Å². The first kappa shape index (κ1) is 15.4. The van der Waals surface area contributed by atoms with E-state index in [1.807, 2.05) is 0 Å². The van der Waals surface area contributed by atoms with Crippen LogP contribution in [0.1, 0.15) is 43.7 Å². The van der Waals surface area contributed by atoms with Crippen LogP contribution in [0.3, 0.4) is 0 Å². The van der Waals surface area contributed by atoms with Crippen molar-refractivity contribution in [3.8, 4) is 0 Å². The van der Waals surface area contributed by atoms with Crippen molar-refractivity contribution in [2.75, 3.05) is 0 Å². The number of pyridine rings is 1. The van der Waals surface area contributed by atoms with E-state index in [0.717, 1.165) is 0 Å². The fourth-order valence-electron chi connectivity index (χ4n) is 1.87. The quantitative estimate of drug-likeness (QED) is 0.822. The zero-order valence-corrected chi connectivity index (χ0v) is 11.9. The summed E-state index contributed by atoms with van der Waals surface area (Å²) in [6.07, 6.45) is 1.44. The second-order valence-electron chi connectivity index (χ2n) is 4.63. The van der Waals surface area contributed by atoms with Crippen molar-refractivity contribution in [1.82, 2.24) is 10.3 Å². The van der Waals surface area contributed by atoms with Gasteiger partial charge >= 0.3 is 5.97 Å². The number of ketones is 1. The molecule has 0 fully saturated rings. The summed E-state index contributed by atoms with van der Waals surface area (Å²) in [4.78, 5) is 38.4. The third kappa shape index (κ3) is 3.54. The van der Waals surface area contributed by atoms with Crippen LogP contribution in [0, 0.1) is 0 Å². The van der Waals surface area contributed by atoms with E-state index in [1.54, 1.807) is 24.3 Å². The first-order chi connectivity index (χ1) is 10.5. The van der Waals surface area contributed by atoms with Gasteiger partial charge in [-0.05, 0) is 31.2 Å². The van der Waals surface area contributed by atoms with Crippen LogP contribution in [0.15, 0.2) is 42.6 Å². The zero-order valence-electron chi connectivity index (χ0n) is 11.9. The first-order valence-corrected chi connectivity index (χ1v) is 6.55. The first-order valence-electron chi connectivity index (χ1n) is 6.55. The Hall–Kier alpha value is -3.02. The van der Waals surface area contributed by atoms with E-state index in [4.69, 9.17) is 5.11 Å². The highest BCUT2D eigenvalue weighted by Gasteiger charge is 2.15. The molecule has 0 saturated heterocycles. The van der Waals surface area contributed by atoms with Gasteiger partial charge in [0, 0.05) is 11.8 Å². The Labute approximate surface area is 126 Å². The molecule has 2 rings (SSSR count). The maximum absolute atomic E-state index is 12.1. The number of amides is 1. The van der Waals surface area contributed by atoms with E-state index < -0.39 is 11.9 Å². The molecule has 6 nitrogen and oxygen atoms in total. The van der Waals surface area contributed by atoms with Gasteiger partial charge in [-0.3, -0.25) is 14.6 Å². The van der Waals surface area contributed by atoms with Gasteiger partial charge in [-0.15, -0.1) is 0 Å². The summed E-state index contributed by atoms with van der Waals surface area (Å²) in [7, 11) is 0. The molecule has 112 valence electrons. The van der Waals surface area contributed by atoms with E-state index in [9.17, 15) is 14.4 Å². The Morgan fingerprint density at radius 3 is 2.32 bits per heavy atom. The molecular formula is C16H14N2O4. The Morgan fingerprint density at radius 2 is 1.77 bits per heavy atom. The molecule has 0 aliphatic rings. The van der Waals surface area contributed by atoms with E-state index in [2.05, 4.69) is 10.3 Å². The molecular weight excluding hydrogens is 284 g/mol. The number of aromatic carboxylic acids is 1. The van der Waals surface area contributed by atoms with Gasteiger partial charge in [0.2, 0.25) is 0 Å². The number of aromatic nitrogens is 1. The highest BCUT2D eigenvalue weighted by Crippen LogP contribution is 2.09. The number of hydrogen-bond donors (Lipinski definition) is 2. The monoisotopic (exact) mass is 298 g/mol. The summed E-state index contributed by atoms with van der Waals surface area (Å²) < 4.78 is 0. The molecule has 0 aliphatic carbocycles. The van der Waals surface area contributed by atoms with Gasteiger partial charge in [-0.2, -0.15) is 0 Å². The predicted octanol–water partition coefficient (Wildman–Crippen LogP) is 1.91. The van der Waals surface area contributed by atoms with Crippen LogP contribution in [0.4, 0.5) is 0 Å². The lowest BCUT2D eigenvalue weighted by Gasteiger charge is -2.07. The van der Waals surface area contributed by atoms with Gasteiger partial charge < -0.3 is 10.4 Å². The minimum Gasteiger partial charge on any atom is -0.478 e. The van der Waals surface area contributed by atoms with Crippen LogP contribution < -0.4 is 5.32 Å². The molecule has 2 aromatic rings. The summed E-state index contributed by atoms with van der Waals surface area (Å²) in [6.45, 7) is 1.59. The standard InChI is InChI=1S/C16H14N2O4/c1-10(19)11-6-7-12(17-8-11)9-18-15(20)13-4-2-3-5-14(13)16(21)22/h2-8H,9H2,1H3,(H,18,20)(H,21,22). The number of nitrogens with one attached hydrogen (secondary N) is 1. The highest BCUT2D eigenvalue weighted by atomic mass is 16.4. The fraction of sp³-hybridized carbons (Fsp3) is 0.125. The average molecular weight is 298 g/mol. The number of rotatable bonds is 5. The van der Waals surface area contributed by atoms with Crippen molar-refractivity contribution in [2.24, 2.45) is 0 Å². The summed E-state index contributed by atoms with van der Waals surface area (Å²) in [5, 5.41) is 11.7. The van der Waals surface area contributed by atoms with E-state index in [1.165, 1.54) is 25.3 Å². The van der Waals surface area contributed by atoms with Gasteiger partial charge in [0.1, 0.15) is 0 Å². The minimum absolute atomic E-state index is 0.0557. The lowest BCUT2D eigenvalue weighted by atomic mass is 10.1. The second kappa shape index (κ2) is 6.62. The molecule has 22 heavy (non-hydrogen) atoms. The van der Waals surface area contributed by atoms with Gasteiger partial charge in [0.15, 0.2) is 5.78 Å². The van der Waals surface area contributed by atoms with Crippen molar-refractivity contribution < 1.29 is 19.5 Å². The topological polar surface area (TPSA) is 96.4 Å². The molecule has 1 aromatic heterocycles. The van der Waals surface area contributed by atoms with E-state index in [0.29, 0.717) is 11.3 Å². The summed E-state index contributed by atoms with van der Waals surface area (Å²) >= 11 is 0. The zero-order chi connectivity index (χ0) is 16.1. The molecule has 0 aliphatic heterocycles. The smallest absolute Gasteiger partial charge is 0.336 e. The SMILES string of the molecule is CC(=O)c1ccc(CNC(=O)c2ccccc2C(=O)O)nc1.